The highest BCUT2D eigenvalue weighted by Gasteiger charge is 2.12. The number of rotatable bonds is 5. The third-order valence-corrected chi connectivity index (χ3v) is 3.63. The Kier molecular flexibility index (Phi) is 4.79. The Balaban J connectivity index is 2.15. The van der Waals surface area contributed by atoms with Crippen LogP contribution in [0.4, 0.5) is 5.69 Å². The molecule has 0 fully saturated rings. The summed E-state index contributed by atoms with van der Waals surface area (Å²) >= 11 is 7.43. The molecule has 2 rings (SSSR count). The number of hydrogen-bond donors (Lipinski definition) is 2. The molecule has 2 N–H and O–H groups in total. The lowest BCUT2D eigenvalue weighted by Crippen LogP contribution is -2.27. The van der Waals surface area contributed by atoms with Gasteiger partial charge in [0.2, 0.25) is 0 Å². The molecule has 0 spiro atoms. The first-order valence-electron chi connectivity index (χ1n) is 5.76. The molecule has 0 amide bonds. The summed E-state index contributed by atoms with van der Waals surface area (Å²) in [7, 11) is 0. The molecule has 0 aliphatic heterocycles. The van der Waals surface area contributed by atoms with Crippen molar-refractivity contribution in [2.45, 2.75) is 12.6 Å². The standard InChI is InChI=1S/C13H12ClN3O2S/c1-2-4-17-13(19)12(10(14)6-16-17)15-7-11(18)9-3-5-20-8-9/h1,3,5-6,8,11,15,18H,4,7H2. The molecule has 0 aromatic carbocycles. The minimum atomic E-state index is -0.717. The lowest BCUT2D eigenvalue weighted by Gasteiger charge is -2.13. The van der Waals surface area contributed by atoms with E-state index in [1.54, 1.807) is 0 Å². The molecule has 0 aliphatic carbocycles. The van der Waals surface area contributed by atoms with Crippen molar-refractivity contribution in [3.8, 4) is 12.3 Å². The highest BCUT2D eigenvalue weighted by atomic mass is 35.5. The largest absolute Gasteiger partial charge is 0.387 e. The van der Waals surface area contributed by atoms with E-state index in [9.17, 15) is 9.90 Å². The first-order valence-corrected chi connectivity index (χ1v) is 7.08. The van der Waals surface area contributed by atoms with E-state index in [4.69, 9.17) is 18.0 Å². The van der Waals surface area contributed by atoms with E-state index in [1.807, 2.05) is 16.8 Å². The molecule has 0 saturated heterocycles. The Morgan fingerprint density at radius 1 is 1.65 bits per heavy atom. The fourth-order valence-electron chi connectivity index (χ4n) is 1.61. The number of nitrogens with one attached hydrogen (secondary N) is 1. The van der Waals surface area contributed by atoms with Crippen LogP contribution in [0.15, 0.2) is 27.8 Å². The predicted molar refractivity (Wildman–Crippen MR) is 80.1 cm³/mol. The number of aromatic nitrogens is 2. The van der Waals surface area contributed by atoms with Crippen molar-refractivity contribution in [1.29, 1.82) is 0 Å². The summed E-state index contributed by atoms with van der Waals surface area (Å²) in [6.07, 6.45) is 5.79. The van der Waals surface area contributed by atoms with Crippen molar-refractivity contribution < 1.29 is 5.11 Å². The van der Waals surface area contributed by atoms with E-state index in [0.29, 0.717) is 0 Å². The number of aliphatic hydroxyl groups excluding tert-OH is 1. The SMILES string of the molecule is C#CCn1ncc(Cl)c(NCC(O)c2ccsc2)c1=O. The van der Waals surface area contributed by atoms with Crippen LogP contribution in [0.3, 0.4) is 0 Å². The Bertz CT molecular complexity index is 676. The second kappa shape index (κ2) is 6.57. The smallest absolute Gasteiger partial charge is 0.292 e. The Morgan fingerprint density at radius 3 is 3.10 bits per heavy atom. The molecule has 2 aromatic rings. The highest BCUT2D eigenvalue weighted by Crippen LogP contribution is 2.19. The molecule has 7 heteroatoms. The van der Waals surface area contributed by atoms with Gasteiger partial charge in [-0.2, -0.15) is 16.4 Å². The average molecular weight is 310 g/mol. The van der Waals surface area contributed by atoms with Crippen molar-refractivity contribution in [1.82, 2.24) is 9.78 Å². The Hall–Kier alpha value is -1.81. The predicted octanol–water partition coefficient (Wildman–Crippen LogP) is 1.74. The van der Waals surface area contributed by atoms with E-state index in [2.05, 4.69) is 16.3 Å². The third kappa shape index (κ3) is 3.20. The fourth-order valence-corrected chi connectivity index (χ4v) is 2.51. The zero-order valence-electron chi connectivity index (χ0n) is 10.4. The summed E-state index contributed by atoms with van der Waals surface area (Å²) in [6.45, 7) is 0.240. The van der Waals surface area contributed by atoms with Crippen LogP contribution >= 0.6 is 22.9 Å². The molecule has 104 valence electrons. The van der Waals surface area contributed by atoms with E-state index in [-0.39, 0.29) is 23.8 Å². The number of nitrogens with zero attached hydrogens (tertiary/aromatic N) is 2. The van der Waals surface area contributed by atoms with Gasteiger partial charge in [-0.1, -0.05) is 17.5 Å². The van der Waals surface area contributed by atoms with Crippen LogP contribution in [0.5, 0.6) is 0 Å². The lowest BCUT2D eigenvalue weighted by atomic mass is 10.2. The van der Waals surface area contributed by atoms with E-state index < -0.39 is 11.7 Å². The van der Waals surface area contributed by atoms with Crippen molar-refractivity contribution >= 4 is 28.6 Å². The van der Waals surface area contributed by atoms with Gasteiger partial charge in [-0.15, -0.1) is 6.42 Å². The average Bonchev–Trinajstić information content (AvgIpc) is 2.96. The molecule has 0 aliphatic rings. The molecule has 0 radical (unpaired) electrons. The van der Waals surface area contributed by atoms with Gasteiger partial charge in [0.05, 0.1) is 17.3 Å². The quantitative estimate of drug-likeness (QED) is 0.826. The van der Waals surface area contributed by atoms with Gasteiger partial charge in [0, 0.05) is 6.54 Å². The molecule has 1 atom stereocenters. The maximum absolute atomic E-state index is 12.1. The first kappa shape index (κ1) is 14.6. The third-order valence-electron chi connectivity index (χ3n) is 2.64. The highest BCUT2D eigenvalue weighted by molar-refractivity contribution is 7.07. The number of terminal acetylenes is 1. The summed E-state index contributed by atoms with van der Waals surface area (Å²) in [6, 6.07) is 1.82. The number of aliphatic hydroxyl groups is 1. The van der Waals surface area contributed by atoms with Crippen molar-refractivity contribution in [3.05, 3.63) is 44.0 Å². The minimum absolute atomic E-state index is 0.0672. The fraction of sp³-hybridized carbons (Fsp3) is 0.231. The van der Waals surface area contributed by atoms with Gasteiger partial charge in [-0.3, -0.25) is 4.79 Å². The molecular formula is C13H12ClN3O2S. The number of anilines is 1. The topological polar surface area (TPSA) is 67.2 Å². The minimum Gasteiger partial charge on any atom is -0.387 e. The van der Waals surface area contributed by atoms with E-state index in [0.717, 1.165) is 10.2 Å². The van der Waals surface area contributed by atoms with Gasteiger partial charge in [0.1, 0.15) is 12.2 Å². The summed E-state index contributed by atoms with van der Waals surface area (Å²) in [4.78, 5) is 12.1. The molecule has 2 heterocycles. The van der Waals surface area contributed by atoms with Gasteiger partial charge in [0.25, 0.3) is 5.56 Å². The first-order chi connectivity index (χ1) is 9.63. The zero-order valence-corrected chi connectivity index (χ0v) is 12.0. The molecule has 1 unspecified atom stereocenters. The Labute approximate surface area is 124 Å². The molecule has 0 bridgehead atoms. The maximum atomic E-state index is 12.1. The summed E-state index contributed by atoms with van der Waals surface area (Å²) in [5.41, 5.74) is 0.566. The molecule has 0 saturated carbocycles. The van der Waals surface area contributed by atoms with Crippen LogP contribution in [0.2, 0.25) is 5.02 Å². The van der Waals surface area contributed by atoms with E-state index in [1.165, 1.54) is 17.5 Å². The molecular weight excluding hydrogens is 298 g/mol. The van der Waals surface area contributed by atoms with Gasteiger partial charge in [-0.05, 0) is 22.4 Å². The molecule has 2 aromatic heterocycles. The molecule has 5 nitrogen and oxygen atoms in total. The van der Waals surface area contributed by atoms with Gasteiger partial charge < -0.3 is 10.4 Å². The van der Waals surface area contributed by atoms with Crippen LogP contribution < -0.4 is 10.9 Å². The second-order valence-corrected chi connectivity index (χ2v) is 5.18. The van der Waals surface area contributed by atoms with Crippen LogP contribution in [0, 0.1) is 12.3 Å². The molecule has 20 heavy (non-hydrogen) atoms. The second-order valence-electron chi connectivity index (χ2n) is 3.99. The number of halogens is 1. The van der Waals surface area contributed by atoms with Crippen molar-refractivity contribution in [2.24, 2.45) is 0 Å². The Morgan fingerprint density at radius 2 is 2.45 bits per heavy atom. The monoisotopic (exact) mass is 309 g/mol. The van der Waals surface area contributed by atoms with Crippen molar-refractivity contribution in [2.75, 3.05) is 11.9 Å². The number of thiophene rings is 1. The number of hydrogen-bond acceptors (Lipinski definition) is 5. The summed E-state index contributed by atoms with van der Waals surface area (Å²) in [5.74, 6) is 2.34. The summed E-state index contributed by atoms with van der Waals surface area (Å²) in [5, 5.41) is 20.6. The van der Waals surface area contributed by atoms with Crippen LogP contribution in [-0.2, 0) is 6.54 Å². The maximum Gasteiger partial charge on any atom is 0.292 e. The van der Waals surface area contributed by atoms with Crippen LogP contribution in [0.1, 0.15) is 11.7 Å². The lowest BCUT2D eigenvalue weighted by molar-refractivity contribution is 0.192. The van der Waals surface area contributed by atoms with Gasteiger partial charge in [-0.25, -0.2) is 4.68 Å². The summed E-state index contributed by atoms with van der Waals surface area (Å²) < 4.78 is 1.13. The van der Waals surface area contributed by atoms with Crippen molar-refractivity contribution in [3.63, 3.8) is 0 Å². The van der Waals surface area contributed by atoms with E-state index >= 15 is 0 Å². The van der Waals surface area contributed by atoms with Gasteiger partial charge >= 0.3 is 0 Å². The van der Waals surface area contributed by atoms with Crippen LogP contribution in [-0.4, -0.2) is 21.4 Å². The van der Waals surface area contributed by atoms with Crippen LogP contribution in [0.25, 0.3) is 0 Å². The normalized spacial score (nSPS) is 11.8. The van der Waals surface area contributed by atoms with Gasteiger partial charge in [0.15, 0.2) is 0 Å². The zero-order chi connectivity index (χ0) is 14.5.